The van der Waals surface area contributed by atoms with Gasteiger partial charge in [-0.05, 0) is 37.6 Å². The molecule has 0 saturated carbocycles. The molecule has 3 aromatic heterocycles. The Morgan fingerprint density at radius 2 is 1.93 bits per heavy atom. The molecule has 3 heterocycles. The molecule has 0 aliphatic carbocycles. The van der Waals surface area contributed by atoms with Crippen LogP contribution in [0.1, 0.15) is 18.2 Å². The van der Waals surface area contributed by atoms with E-state index in [0.717, 1.165) is 45.4 Å². The summed E-state index contributed by atoms with van der Waals surface area (Å²) in [6.07, 6.45) is 3.55. The minimum Gasteiger partial charge on any atom is -0.331 e. The van der Waals surface area contributed by atoms with Crippen molar-refractivity contribution in [2.45, 2.75) is 31.3 Å². The highest BCUT2D eigenvalue weighted by molar-refractivity contribution is 7.98. The lowest BCUT2D eigenvalue weighted by molar-refractivity contribution is 0.687. The topological polar surface area (TPSA) is 68.5 Å². The molecule has 0 unspecified atom stereocenters. The third-order valence-corrected chi connectivity index (χ3v) is 6.07. The van der Waals surface area contributed by atoms with Gasteiger partial charge in [0.05, 0.1) is 5.69 Å². The molecule has 0 fully saturated rings. The molecule has 0 atom stereocenters. The van der Waals surface area contributed by atoms with E-state index >= 15 is 0 Å². The number of thiazole rings is 1. The van der Waals surface area contributed by atoms with Crippen LogP contribution in [0.25, 0.3) is 11.4 Å². The Morgan fingerprint density at radius 3 is 2.71 bits per heavy atom. The number of pyridine rings is 1. The maximum Gasteiger partial charge on any atom is 0.191 e. The van der Waals surface area contributed by atoms with Gasteiger partial charge in [-0.3, -0.25) is 4.98 Å². The first kappa shape index (κ1) is 18.6. The van der Waals surface area contributed by atoms with E-state index in [1.807, 2.05) is 24.3 Å². The number of benzene rings is 1. The molecule has 0 radical (unpaired) electrons. The van der Waals surface area contributed by atoms with E-state index in [1.165, 1.54) is 5.56 Å². The number of aromatic nitrogens is 5. The number of anilines is 2. The molecule has 0 saturated heterocycles. The van der Waals surface area contributed by atoms with Crippen LogP contribution in [-0.2, 0) is 12.3 Å². The highest BCUT2D eigenvalue weighted by Crippen LogP contribution is 2.28. The first-order valence-electron chi connectivity index (χ1n) is 8.98. The van der Waals surface area contributed by atoms with Crippen molar-refractivity contribution in [2.75, 3.05) is 5.32 Å². The summed E-state index contributed by atoms with van der Waals surface area (Å²) in [5, 5.41) is 16.0. The van der Waals surface area contributed by atoms with E-state index < -0.39 is 0 Å². The molecule has 6 nitrogen and oxygen atoms in total. The summed E-state index contributed by atoms with van der Waals surface area (Å²) in [6.45, 7) is 5.00. The number of hydrogen-bond donors (Lipinski definition) is 1. The predicted molar refractivity (Wildman–Crippen MR) is 115 cm³/mol. The number of rotatable bonds is 7. The smallest absolute Gasteiger partial charge is 0.191 e. The van der Waals surface area contributed by atoms with E-state index in [2.05, 4.69) is 56.4 Å². The van der Waals surface area contributed by atoms with E-state index in [4.69, 9.17) is 4.98 Å². The van der Waals surface area contributed by atoms with Crippen LogP contribution in [0.15, 0.2) is 59.3 Å². The molecule has 4 rings (SSSR count). The number of nitrogens with one attached hydrogen (secondary N) is 1. The summed E-state index contributed by atoms with van der Waals surface area (Å²) in [6, 6.07) is 12.1. The lowest BCUT2D eigenvalue weighted by atomic mass is 10.2. The highest BCUT2D eigenvalue weighted by atomic mass is 32.2. The number of para-hydroxylation sites is 1. The summed E-state index contributed by atoms with van der Waals surface area (Å²) in [4.78, 5) is 8.77. The maximum absolute atomic E-state index is 4.70. The molecular formula is C20H20N6S2. The minimum atomic E-state index is 0.750. The zero-order valence-electron chi connectivity index (χ0n) is 15.7. The van der Waals surface area contributed by atoms with Crippen LogP contribution in [0.5, 0.6) is 0 Å². The van der Waals surface area contributed by atoms with Crippen molar-refractivity contribution in [3.05, 3.63) is 65.4 Å². The summed E-state index contributed by atoms with van der Waals surface area (Å²) < 4.78 is 2.12. The van der Waals surface area contributed by atoms with Crippen molar-refractivity contribution in [1.82, 2.24) is 24.7 Å². The Bertz CT molecular complexity index is 1060. The molecule has 0 aliphatic rings. The van der Waals surface area contributed by atoms with Gasteiger partial charge in [0.25, 0.3) is 0 Å². The zero-order valence-corrected chi connectivity index (χ0v) is 17.3. The van der Waals surface area contributed by atoms with Gasteiger partial charge >= 0.3 is 0 Å². The van der Waals surface area contributed by atoms with Gasteiger partial charge in [0, 0.05) is 41.3 Å². The molecule has 0 bridgehead atoms. The molecule has 0 amide bonds. The standard InChI is InChI=1S/C20H20N6S2/c1-3-26-18(15-8-10-21-11-9-15)24-25-20(26)28-13-16-12-27-19(22-16)23-17-7-5-4-6-14(17)2/h4-12H,3,13H2,1-2H3,(H,22,23). The third-order valence-electron chi connectivity index (χ3n) is 4.26. The van der Waals surface area contributed by atoms with E-state index in [0.29, 0.717) is 0 Å². The normalized spacial score (nSPS) is 10.9. The van der Waals surface area contributed by atoms with Crippen molar-refractivity contribution in [3.8, 4) is 11.4 Å². The van der Waals surface area contributed by atoms with Crippen LogP contribution >= 0.6 is 23.1 Å². The van der Waals surface area contributed by atoms with Crippen molar-refractivity contribution >= 4 is 33.9 Å². The lowest BCUT2D eigenvalue weighted by Gasteiger charge is -2.06. The molecule has 0 spiro atoms. The lowest BCUT2D eigenvalue weighted by Crippen LogP contribution is -2.00. The first-order chi connectivity index (χ1) is 13.7. The largest absolute Gasteiger partial charge is 0.331 e. The Balaban J connectivity index is 1.45. The minimum absolute atomic E-state index is 0.750. The molecule has 0 aliphatic heterocycles. The van der Waals surface area contributed by atoms with Gasteiger partial charge in [-0.25, -0.2) is 4.98 Å². The van der Waals surface area contributed by atoms with Crippen molar-refractivity contribution in [3.63, 3.8) is 0 Å². The number of nitrogens with zero attached hydrogens (tertiary/aromatic N) is 5. The van der Waals surface area contributed by atoms with Crippen LogP contribution in [-0.4, -0.2) is 24.7 Å². The van der Waals surface area contributed by atoms with Crippen LogP contribution in [0.2, 0.25) is 0 Å². The van der Waals surface area contributed by atoms with Gasteiger partial charge in [0.1, 0.15) is 0 Å². The average molecular weight is 409 g/mol. The second-order valence-corrected chi connectivity index (χ2v) is 7.96. The summed E-state index contributed by atoms with van der Waals surface area (Å²) in [5.74, 6) is 1.62. The average Bonchev–Trinajstić information content (AvgIpc) is 3.35. The van der Waals surface area contributed by atoms with Crippen LogP contribution in [0.4, 0.5) is 10.8 Å². The highest BCUT2D eigenvalue weighted by Gasteiger charge is 2.14. The zero-order chi connectivity index (χ0) is 19.3. The quantitative estimate of drug-likeness (QED) is 0.426. The maximum atomic E-state index is 4.70. The van der Waals surface area contributed by atoms with Gasteiger partial charge in [-0.1, -0.05) is 30.0 Å². The van der Waals surface area contributed by atoms with E-state index in [1.54, 1.807) is 35.5 Å². The Kier molecular flexibility index (Phi) is 5.68. The summed E-state index contributed by atoms with van der Waals surface area (Å²) in [5.41, 5.74) is 4.34. The van der Waals surface area contributed by atoms with Gasteiger partial charge in [0.2, 0.25) is 0 Å². The molecule has 8 heteroatoms. The van der Waals surface area contributed by atoms with Gasteiger partial charge in [0.15, 0.2) is 16.1 Å². The van der Waals surface area contributed by atoms with Crippen molar-refractivity contribution in [2.24, 2.45) is 0 Å². The Hall–Kier alpha value is -2.71. The SMILES string of the molecule is CCn1c(SCc2csc(Nc3ccccc3C)n2)nnc1-c1ccncc1. The fourth-order valence-corrected chi connectivity index (χ4v) is 4.52. The van der Waals surface area contributed by atoms with Crippen molar-refractivity contribution in [1.29, 1.82) is 0 Å². The monoisotopic (exact) mass is 408 g/mol. The summed E-state index contributed by atoms with van der Waals surface area (Å²) >= 11 is 3.27. The molecule has 1 N–H and O–H groups in total. The molecule has 1 aromatic carbocycles. The van der Waals surface area contributed by atoms with Crippen LogP contribution < -0.4 is 5.32 Å². The second kappa shape index (κ2) is 8.53. The van der Waals surface area contributed by atoms with Crippen LogP contribution in [0, 0.1) is 6.92 Å². The Labute approximate surface area is 172 Å². The van der Waals surface area contributed by atoms with E-state index in [-0.39, 0.29) is 0 Å². The molecular weight excluding hydrogens is 388 g/mol. The Morgan fingerprint density at radius 1 is 1.11 bits per heavy atom. The fourth-order valence-electron chi connectivity index (χ4n) is 2.79. The molecule has 142 valence electrons. The third kappa shape index (κ3) is 4.07. The predicted octanol–water partition coefficient (Wildman–Crippen LogP) is 5.16. The van der Waals surface area contributed by atoms with E-state index in [9.17, 15) is 0 Å². The van der Waals surface area contributed by atoms with Gasteiger partial charge in [-0.2, -0.15) is 0 Å². The van der Waals surface area contributed by atoms with Gasteiger partial charge < -0.3 is 9.88 Å². The number of hydrogen-bond acceptors (Lipinski definition) is 7. The molecule has 4 aromatic rings. The number of aryl methyl sites for hydroxylation is 1. The van der Waals surface area contributed by atoms with Crippen LogP contribution in [0.3, 0.4) is 0 Å². The number of thioether (sulfide) groups is 1. The molecule has 28 heavy (non-hydrogen) atoms. The summed E-state index contributed by atoms with van der Waals surface area (Å²) in [7, 11) is 0. The van der Waals surface area contributed by atoms with Crippen molar-refractivity contribution < 1.29 is 0 Å². The fraction of sp³-hybridized carbons (Fsp3) is 0.200. The first-order valence-corrected chi connectivity index (χ1v) is 10.8. The van der Waals surface area contributed by atoms with Gasteiger partial charge in [-0.15, -0.1) is 21.5 Å². The second-order valence-electron chi connectivity index (χ2n) is 6.16.